The van der Waals surface area contributed by atoms with E-state index in [-0.39, 0.29) is 11.8 Å². The second-order valence-electron chi connectivity index (χ2n) is 4.53. The van der Waals surface area contributed by atoms with Crippen LogP contribution in [0.4, 0.5) is 0 Å². The molecule has 0 bridgehead atoms. The molecule has 0 aromatic carbocycles. The second-order valence-corrected chi connectivity index (χ2v) is 6.08. The topological polar surface area (TPSA) is 20.3 Å². The molecule has 0 saturated carbocycles. The highest BCUT2D eigenvalue weighted by molar-refractivity contribution is 6.49. The van der Waals surface area contributed by atoms with Crippen LogP contribution >= 0.6 is 23.2 Å². The summed E-state index contributed by atoms with van der Waals surface area (Å²) in [4.78, 5) is 13.5. The van der Waals surface area contributed by atoms with Gasteiger partial charge in [0.1, 0.15) is 4.33 Å². The van der Waals surface area contributed by atoms with Crippen LogP contribution in [0.25, 0.3) is 0 Å². The van der Waals surface area contributed by atoms with Crippen molar-refractivity contribution < 1.29 is 4.79 Å². The molecule has 0 aromatic rings. The first kappa shape index (κ1) is 12.1. The molecule has 1 amide bonds. The van der Waals surface area contributed by atoms with Crippen LogP contribution in [-0.4, -0.2) is 28.2 Å². The molecular weight excluding hydrogens is 221 g/mol. The molecule has 1 aliphatic rings. The lowest BCUT2D eigenvalue weighted by molar-refractivity contribution is -0.131. The van der Waals surface area contributed by atoms with Crippen molar-refractivity contribution in [2.45, 2.75) is 31.5 Å². The summed E-state index contributed by atoms with van der Waals surface area (Å²) in [5.74, 6) is 0.704. The number of halogens is 2. The standard InChI is InChI=1S/C10H17Cl2NO/c1-7(2)4-9(14)13-5-8(3)10(11,12)6-13/h7-8H,4-6H2,1-3H3. The fourth-order valence-corrected chi connectivity index (χ4v) is 2.03. The zero-order chi connectivity index (χ0) is 10.9. The van der Waals surface area contributed by atoms with Crippen molar-refractivity contribution in [2.75, 3.05) is 13.1 Å². The van der Waals surface area contributed by atoms with E-state index in [4.69, 9.17) is 23.2 Å². The predicted octanol–water partition coefficient (Wildman–Crippen LogP) is 2.68. The molecule has 1 heterocycles. The van der Waals surface area contributed by atoms with Crippen LogP contribution in [0.2, 0.25) is 0 Å². The number of nitrogens with zero attached hydrogens (tertiary/aromatic N) is 1. The number of carbonyl (C=O) groups is 1. The van der Waals surface area contributed by atoms with E-state index in [2.05, 4.69) is 0 Å². The molecule has 0 aromatic heterocycles. The molecule has 1 atom stereocenters. The first-order chi connectivity index (χ1) is 6.33. The molecule has 0 N–H and O–H groups in total. The SMILES string of the molecule is CC(C)CC(=O)N1CC(C)C(Cl)(Cl)C1. The van der Waals surface area contributed by atoms with E-state index in [1.165, 1.54) is 0 Å². The van der Waals surface area contributed by atoms with Gasteiger partial charge >= 0.3 is 0 Å². The van der Waals surface area contributed by atoms with Crippen molar-refractivity contribution in [3.8, 4) is 0 Å². The Morgan fingerprint density at radius 1 is 1.57 bits per heavy atom. The maximum Gasteiger partial charge on any atom is 0.222 e. The van der Waals surface area contributed by atoms with Gasteiger partial charge in [-0.25, -0.2) is 0 Å². The molecule has 1 rings (SSSR count). The molecule has 2 nitrogen and oxygen atoms in total. The van der Waals surface area contributed by atoms with Gasteiger partial charge in [0.25, 0.3) is 0 Å². The Balaban J connectivity index is 2.53. The lowest BCUT2D eigenvalue weighted by Crippen LogP contribution is -2.31. The fraction of sp³-hybridized carbons (Fsp3) is 0.900. The van der Waals surface area contributed by atoms with E-state index in [9.17, 15) is 4.79 Å². The van der Waals surface area contributed by atoms with E-state index >= 15 is 0 Å². The Bertz CT molecular complexity index is 228. The number of likely N-dealkylation sites (tertiary alicyclic amines) is 1. The molecule has 0 radical (unpaired) electrons. The molecule has 4 heteroatoms. The van der Waals surface area contributed by atoms with Crippen molar-refractivity contribution in [1.82, 2.24) is 4.90 Å². The third-order valence-corrected chi connectivity index (χ3v) is 3.54. The molecule has 1 unspecified atom stereocenters. The largest absolute Gasteiger partial charge is 0.339 e. The van der Waals surface area contributed by atoms with Crippen molar-refractivity contribution in [1.29, 1.82) is 0 Å². The number of carbonyl (C=O) groups excluding carboxylic acids is 1. The Hall–Kier alpha value is 0.0500. The van der Waals surface area contributed by atoms with Crippen molar-refractivity contribution in [3.63, 3.8) is 0 Å². The van der Waals surface area contributed by atoms with Crippen LogP contribution in [0, 0.1) is 11.8 Å². The Kier molecular flexibility index (Phi) is 3.70. The van der Waals surface area contributed by atoms with Crippen LogP contribution in [0.5, 0.6) is 0 Å². The van der Waals surface area contributed by atoms with Gasteiger partial charge in [-0.1, -0.05) is 44.0 Å². The molecule has 1 aliphatic heterocycles. The summed E-state index contributed by atoms with van der Waals surface area (Å²) in [6, 6.07) is 0. The van der Waals surface area contributed by atoms with Crippen LogP contribution in [0.1, 0.15) is 27.2 Å². The van der Waals surface area contributed by atoms with Gasteiger partial charge in [0, 0.05) is 18.9 Å². The maximum absolute atomic E-state index is 11.7. The molecule has 14 heavy (non-hydrogen) atoms. The zero-order valence-corrected chi connectivity index (χ0v) is 10.4. The van der Waals surface area contributed by atoms with Crippen molar-refractivity contribution in [2.24, 2.45) is 11.8 Å². The number of rotatable bonds is 2. The Morgan fingerprint density at radius 3 is 2.50 bits per heavy atom. The summed E-state index contributed by atoms with van der Waals surface area (Å²) in [5.41, 5.74) is 0. The predicted molar refractivity (Wildman–Crippen MR) is 59.6 cm³/mol. The molecule has 1 fully saturated rings. The van der Waals surface area contributed by atoms with E-state index in [0.717, 1.165) is 0 Å². The first-order valence-corrected chi connectivity index (χ1v) is 5.74. The minimum absolute atomic E-state index is 0.155. The van der Waals surface area contributed by atoms with E-state index in [0.29, 0.717) is 25.4 Å². The summed E-state index contributed by atoms with van der Waals surface area (Å²) < 4.78 is -0.757. The normalized spacial score (nSPS) is 25.9. The minimum Gasteiger partial charge on any atom is -0.339 e. The third-order valence-electron chi connectivity index (χ3n) is 2.55. The summed E-state index contributed by atoms with van der Waals surface area (Å²) in [6.07, 6.45) is 0.580. The molecule has 0 spiro atoms. The molecule has 0 aliphatic carbocycles. The number of hydrogen-bond acceptors (Lipinski definition) is 1. The van der Waals surface area contributed by atoms with Gasteiger partial charge in [0.05, 0.1) is 6.54 Å². The van der Waals surface area contributed by atoms with Gasteiger partial charge in [-0.2, -0.15) is 0 Å². The van der Waals surface area contributed by atoms with Crippen LogP contribution in [0.3, 0.4) is 0 Å². The fourth-order valence-electron chi connectivity index (χ4n) is 1.61. The average molecular weight is 238 g/mol. The minimum atomic E-state index is -0.757. The van der Waals surface area contributed by atoms with E-state index in [1.54, 1.807) is 4.90 Å². The summed E-state index contributed by atoms with van der Waals surface area (Å²) >= 11 is 12.1. The van der Waals surface area contributed by atoms with Crippen LogP contribution in [-0.2, 0) is 4.79 Å². The summed E-state index contributed by atoms with van der Waals surface area (Å²) in [6.45, 7) is 7.18. The third kappa shape index (κ3) is 2.77. The van der Waals surface area contributed by atoms with E-state index in [1.807, 2.05) is 20.8 Å². The van der Waals surface area contributed by atoms with Gasteiger partial charge in [-0.3, -0.25) is 4.79 Å². The van der Waals surface area contributed by atoms with Gasteiger partial charge < -0.3 is 4.90 Å². The van der Waals surface area contributed by atoms with Gasteiger partial charge in [-0.05, 0) is 5.92 Å². The molecule has 82 valence electrons. The van der Waals surface area contributed by atoms with Crippen LogP contribution < -0.4 is 0 Å². The quantitative estimate of drug-likeness (QED) is 0.677. The lowest BCUT2D eigenvalue weighted by atomic mass is 10.1. The number of alkyl halides is 2. The summed E-state index contributed by atoms with van der Waals surface area (Å²) in [5, 5.41) is 0. The Labute approximate surface area is 95.5 Å². The van der Waals surface area contributed by atoms with Crippen LogP contribution in [0.15, 0.2) is 0 Å². The van der Waals surface area contributed by atoms with Gasteiger partial charge in [-0.15, -0.1) is 0 Å². The molecular formula is C10H17Cl2NO. The lowest BCUT2D eigenvalue weighted by Gasteiger charge is -2.18. The first-order valence-electron chi connectivity index (χ1n) is 4.98. The second kappa shape index (κ2) is 4.28. The highest BCUT2D eigenvalue weighted by atomic mass is 35.5. The summed E-state index contributed by atoms with van der Waals surface area (Å²) in [7, 11) is 0. The van der Waals surface area contributed by atoms with Crippen molar-refractivity contribution in [3.05, 3.63) is 0 Å². The Morgan fingerprint density at radius 2 is 2.14 bits per heavy atom. The zero-order valence-electron chi connectivity index (χ0n) is 8.89. The average Bonchev–Trinajstić information content (AvgIpc) is 2.25. The van der Waals surface area contributed by atoms with E-state index < -0.39 is 4.33 Å². The monoisotopic (exact) mass is 237 g/mol. The highest BCUT2D eigenvalue weighted by Gasteiger charge is 2.42. The van der Waals surface area contributed by atoms with Gasteiger partial charge in [0.15, 0.2) is 0 Å². The number of hydrogen-bond donors (Lipinski definition) is 0. The smallest absolute Gasteiger partial charge is 0.222 e. The number of amides is 1. The maximum atomic E-state index is 11.7. The van der Waals surface area contributed by atoms with Gasteiger partial charge in [0.2, 0.25) is 5.91 Å². The highest BCUT2D eigenvalue weighted by Crippen LogP contribution is 2.37. The molecule has 1 saturated heterocycles. The van der Waals surface area contributed by atoms with Crippen molar-refractivity contribution >= 4 is 29.1 Å².